The minimum atomic E-state index is -0.215. The summed E-state index contributed by atoms with van der Waals surface area (Å²) in [5.74, 6) is 0.575. The van der Waals surface area contributed by atoms with Crippen LogP contribution in [-0.2, 0) is 6.54 Å². The average molecular weight is 253 g/mol. The number of rotatable bonds is 7. The molecule has 1 rings (SSSR count). The van der Waals surface area contributed by atoms with Gasteiger partial charge in [-0.05, 0) is 31.0 Å². The topological polar surface area (TPSA) is 21.3 Å². The highest BCUT2D eigenvalue weighted by Gasteiger charge is 2.10. The Kier molecular flexibility index (Phi) is 6.13. The summed E-state index contributed by atoms with van der Waals surface area (Å²) >= 11 is 0. The largest absolute Gasteiger partial charge is 0.490 e. The van der Waals surface area contributed by atoms with Crippen molar-refractivity contribution < 1.29 is 9.13 Å². The molecule has 0 spiro atoms. The minimum Gasteiger partial charge on any atom is -0.490 e. The number of benzene rings is 1. The van der Waals surface area contributed by atoms with Gasteiger partial charge in [0.05, 0.1) is 6.10 Å². The molecule has 0 bridgehead atoms. The quantitative estimate of drug-likeness (QED) is 0.796. The first-order chi connectivity index (χ1) is 8.56. The molecular formula is C15H24FNO. The van der Waals surface area contributed by atoms with Crippen LogP contribution < -0.4 is 10.1 Å². The second-order valence-electron chi connectivity index (χ2n) is 4.84. The summed E-state index contributed by atoms with van der Waals surface area (Å²) in [6.45, 7) is 8.97. The van der Waals surface area contributed by atoms with Gasteiger partial charge in [0.25, 0.3) is 0 Å². The Labute approximate surface area is 110 Å². The van der Waals surface area contributed by atoms with Crippen molar-refractivity contribution in [2.45, 2.75) is 59.2 Å². The van der Waals surface area contributed by atoms with Crippen LogP contribution in [0, 0.1) is 5.82 Å². The molecule has 18 heavy (non-hydrogen) atoms. The van der Waals surface area contributed by atoms with E-state index in [1.165, 1.54) is 6.07 Å². The van der Waals surface area contributed by atoms with Crippen LogP contribution in [0.3, 0.4) is 0 Å². The standard InChI is InChI=1S/C15H24FNO/c1-5-14(6-2)18-15-8-7-13(16)9-12(15)10-17-11(3)4/h7-9,11,14,17H,5-6,10H2,1-4H3. The maximum absolute atomic E-state index is 13.3. The normalized spacial score (nSPS) is 11.3. The van der Waals surface area contributed by atoms with E-state index in [1.54, 1.807) is 12.1 Å². The number of ether oxygens (including phenoxy) is 1. The van der Waals surface area contributed by atoms with Crippen LogP contribution in [0.15, 0.2) is 18.2 Å². The Morgan fingerprint density at radius 1 is 1.22 bits per heavy atom. The zero-order chi connectivity index (χ0) is 13.5. The molecule has 0 amide bonds. The summed E-state index contributed by atoms with van der Waals surface area (Å²) in [6.07, 6.45) is 2.13. The van der Waals surface area contributed by atoms with Crippen LogP contribution >= 0.6 is 0 Å². The molecule has 0 fully saturated rings. The first-order valence-electron chi connectivity index (χ1n) is 6.75. The molecule has 0 aliphatic carbocycles. The van der Waals surface area contributed by atoms with Crippen LogP contribution in [0.4, 0.5) is 4.39 Å². The van der Waals surface area contributed by atoms with Crippen molar-refractivity contribution >= 4 is 0 Å². The van der Waals surface area contributed by atoms with Gasteiger partial charge in [-0.15, -0.1) is 0 Å². The number of nitrogens with one attached hydrogen (secondary N) is 1. The first-order valence-corrected chi connectivity index (χ1v) is 6.75. The lowest BCUT2D eigenvalue weighted by molar-refractivity contribution is 0.190. The van der Waals surface area contributed by atoms with E-state index in [0.29, 0.717) is 12.6 Å². The van der Waals surface area contributed by atoms with Crippen molar-refractivity contribution in [1.29, 1.82) is 0 Å². The van der Waals surface area contributed by atoms with Crippen LogP contribution in [0.2, 0.25) is 0 Å². The van der Waals surface area contributed by atoms with Gasteiger partial charge in [-0.3, -0.25) is 0 Å². The summed E-state index contributed by atoms with van der Waals surface area (Å²) < 4.78 is 19.2. The molecule has 0 aliphatic rings. The van der Waals surface area contributed by atoms with E-state index in [-0.39, 0.29) is 11.9 Å². The molecule has 0 heterocycles. The molecule has 1 aromatic rings. The van der Waals surface area contributed by atoms with E-state index in [9.17, 15) is 4.39 Å². The van der Waals surface area contributed by atoms with Gasteiger partial charge in [0.2, 0.25) is 0 Å². The molecule has 0 aliphatic heterocycles. The molecular weight excluding hydrogens is 229 g/mol. The fourth-order valence-corrected chi connectivity index (χ4v) is 1.75. The number of hydrogen-bond donors (Lipinski definition) is 1. The van der Waals surface area contributed by atoms with Gasteiger partial charge in [-0.1, -0.05) is 27.7 Å². The third kappa shape index (κ3) is 4.65. The highest BCUT2D eigenvalue weighted by atomic mass is 19.1. The SMILES string of the molecule is CCC(CC)Oc1ccc(F)cc1CNC(C)C. The molecule has 0 saturated heterocycles. The maximum Gasteiger partial charge on any atom is 0.124 e. The van der Waals surface area contributed by atoms with Gasteiger partial charge in [-0.2, -0.15) is 0 Å². The highest BCUT2D eigenvalue weighted by molar-refractivity contribution is 5.34. The molecule has 0 atom stereocenters. The van der Waals surface area contributed by atoms with Crippen LogP contribution in [0.1, 0.15) is 46.1 Å². The molecule has 0 radical (unpaired) electrons. The maximum atomic E-state index is 13.3. The summed E-state index contributed by atoms with van der Waals surface area (Å²) in [7, 11) is 0. The molecule has 3 heteroatoms. The molecule has 2 nitrogen and oxygen atoms in total. The second-order valence-corrected chi connectivity index (χ2v) is 4.84. The zero-order valence-corrected chi connectivity index (χ0v) is 11.8. The highest BCUT2D eigenvalue weighted by Crippen LogP contribution is 2.22. The van der Waals surface area contributed by atoms with Gasteiger partial charge < -0.3 is 10.1 Å². The van der Waals surface area contributed by atoms with Crippen molar-refractivity contribution in [3.05, 3.63) is 29.6 Å². The Morgan fingerprint density at radius 2 is 1.89 bits per heavy atom. The third-order valence-electron chi connectivity index (χ3n) is 2.93. The van der Waals surface area contributed by atoms with Gasteiger partial charge in [0.1, 0.15) is 11.6 Å². The van der Waals surface area contributed by atoms with E-state index in [2.05, 4.69) is 33.0 Å². The summed E-state index contributed by atoms with van der Waals surface area (Å²) in [5, 5.41) is 3.29. The van der Waals surface area contributed by atoms with Crippen molar-refractivity contribution in [2.75, 3.05) is 0 Å². The van der Waals surface area contributed by atoms with E-state index in [0.717, 1.165) is 24.2 Å². The van der Waals surface area contributed by atoms with Crippen molar-refractivity contribution in [1.82, 2.24) is 5.32 Å². The average Bonchev–Trinajstić information content (AvgIpc) is 2.35. The van der Waals surface area contributed by atoms with Gasteiger partial charge >= 0.3 is 0 Å². The van der Waals surface area contributed by atoms with Crippen LogP contribution in [0.5, 0.6) is 5.75 Å². The van der Waals surface area contributed by atoms with E-state index >= 15 is 0 Å². The third-order valence-corrected chi connectivity index (χ3v) is 2.93. The molecule has 0 aromatic heterocycles. The van der Waals surface area contributed by atoms with E-state index in [1.807, 2.05) is 0 Å². The Morgan fingerprint density at radius 3 is 2.44 bits per heavy atom. The summed E-state index contributed by atoms with van der Waals surface area (Å²) in [4.78, 5) is 0. The lowest BCUT2D eigenvalue weighted by Crippen LogP contribution is -2.23. The van der Waals surface area contributed by atoms with Crippen molar-refractivity contribution in [3.8, 4) is 5.75 Å². The molecule has 0 saturated carbocycles. The van der Waals surface area contributed by atoms with Crippen molar-refractivity contribution in [3.63, 3.8) is 0 Å². The van der Waals surface area contributed by atoms with Gasteiger partial charge in [0.15, 0.2) is 0 Å². The van der Waals surface area contributed by atoms with E-state index in [4.69, 9.17) is 4.74 Å². The molecule has 1 aromatic carbocycles. The van der Waals surface area contributed by atoms with Gasteiger partial charge in [0, 0.05) is 18.2 Å². The fraction of sp³-hybridized carbons (Fsp3) is 0.600. The summed E-state index contributed by atoms with van der Waals surface area (Å²) in [5.41, 5.74) is 0.885. The molecule has 1 N–H and O–H groups in total. The molecule has 0 unspecified atom stereocenters. The van der Waals surface area contributed by atoms with Crippen LogP contribution in [-0.4, -0.2) is 12.1 Å². The monoisotopic (exact) mass is 253 g/mol. The van der Waals surface area contributed by atoms with Gasteiger partial charge in [-0.25, -0.2) is 4.39 Å². The predicted octanol–water partition coefficient (Wildman–Crippen LogP) is 3.89. The second kappa shape index (κ2) is 7.37. The predicted molar refractivity (Wildman–Crippen MR) is 73.4 cm³/mol. The first kappa shape index (κ1) is 15.0. The number of hydrogen-bond acceptors (Lipinski definition) is 2. The fourth-order valence-electron chi connectivity index (χ4n) is 1.75. The zero-order valence-electron chi connectivity index (χ0n) is 11.8. The Balaban J connectivity index is 2.81. The van der Waals surface area contributed by atoms with E-state index < -0.39 is 0 Å². The lowest BCUT2D eigenvalue weighted by Gasteiger charge is -2.19. The summed E-state index contributed by atoms with van der Waals surface area (Å²) in [6, 6.07) is 5.10. The van der Waals surface area contributed by atoms with Crippen molar-refractivity contribution in [2.24, 2.45) is 0 Å². The smallest absolute Gasteiger partial charge is 0.124 e. The lowest BCUT2D eigenvalue weighted by atomic mass is 10.1. The van der Waals surface area contributed by atoms with Crippen LogP contribution in [0.25, 0.3) is 0 Å². The Bertz CT molecular complexity index is 362. The Hall–Kier alpha value is -1.09. The number of halogens is 1. The molecule has 102 valence electrons. The minimum absolute atomic E-state index is 0.202.